The van der Waals surface area contributed by atoms with Crippen molar-refractivity contribution in [3.63, 3.8) is 0 Å². The van der Waals surface area contributed by atoms with Gasteiger partial charge in [0.1, 0.15) is 17.8 Å². The van der Waals surface area contributed by atoms with E-state index >= 15 is 0 Å². The van der Waals surface area contributed by atoms with E-state index in [1.807, 2.05) is 19.1 Å². The summed E-state index contributed by atoms with van der Waals surface area (Å²) in [7, 11) is 1.02. The zero-order chi connectivity index (χ0) is 49.6. The standard InChI is InChI=1S/C56H76BN3O9/c1-8-9-13-37-16-18-38(19-17-37)39-20-22-40(23-21-39)47(62)31-43(14-10-11-26-58)54(66)60(7)52-42-24-25-46(61)41(30-42)15-12-27-67-34-45(59-53(65)35(2)28-49(52)64)48(63)29-36(3)57-68-51-33-44-32-50(55(44,4)5)56(51,6)69-57/h16-25,30,35-36,43-45,50-52,61H,8-15,26-29,31-34,58H2,1-7H3,(H,59,65)/t35-,36-,43-,44+,45+,50+,51-,52+,56+/m1/s1. The maximum atomic E-state index is 14.7. The van der Waals surface area contributed by atoms with Crippen molar-refractivity contribution in [1.82, 2.24) is 10.2 Å². The highest BCUT2D eigenvalue weighted by Crippen LogP contribution is 2.66. The van der Waals surface area contributed by atoms with Gasteiger partial charge in [-0.25, -0.2) is 0 Å². The summed E-state index contributed by atoms with van der Waals surface area (Å²) in [6.45, 7) is 13.1. The lowest BCUT2D eigenvalue weighted by molar-refractivity contribution is -0.199. The molecule has 3 aromatic carbocycles. The molecule has 0 radical (unpaired) electrons. The number of ether oxygens (including phenoxy) is 1. The first-order valence-corrected chi connectivity index (χ1v) is 25.7. The van der Waals surface area contributed by atoms with Crippen LogP contribution in [-0.4, -0.2) is 90.8 Å². The molecule has 2 amide bonds. The number of carbonyl (C=O) groups is 5. The van der Waals surface area contributed by atoms with Gasteiger partial charge in [0.05, 0.1) is 18.3 Å². The van der Waals surface area contributed by atoms with Gasteiger partial charge in [0.15, 0.2) is 17.3 Å². The quantitative estimate of drug-likeness (QED) is 0.0673. The minimum atomic E-state index is -1.13. The molecular formula is C56H76BN3O9. The normalized spacial score (nSPS) is 26.6. The van der Waals surface area contributed by atoms with Crippen LogP contribution in [0.2, 0.25) is 5.82 Å². The van der Waals surface area contributed by atoms with E-state index in [2.05, 4.69) is 57.3 Å². The van der Waals surface area contributed by atoms with Crippen molar-refractivity contribution < 1.29 is 43.1 Å². The number of carbonyl (C=O) groups excluding carboxylic acids is 5. The first kappa shape index (κ1) is 52.1. The lowest BCUT2D eigenvalue weighted by atomic mass is 9.43. The molecule has 372 valence electrons. The van der Waals surface area contributed by atoms with E-state index in [-0.39, 0.29) is 78.8 Å². The first-order chi connectivity index (χ1) is 32.9. The molecule has 8 rings (SSSR count). The van der Waals surface area contributed by atoms with Gasteiger partial charge in [-0.2, -0.15) is 0 Å². The fourth-order valence-electron chi connectivity index (χ4n) is 11.6. The lowest BCUT2D eigenvalue weighted by Crippen LogP contribution is -2.65. The van der Waals surface area contributed by atoms with Gasteiger partial charge in [0.2, 0.25) is 11.8 Å². The van der Waals surface area contributed by atoms with E-state index in [4.69, 9.17) is 19.8 Å². The summed E-state index contributed by atoms with van der Waals surface area (Å²) in [4.78, 5) is 72.8. The van der Waals surface area contributed by atoms with E-state index in [0.29, 0.717) is 67.2 Å². The number of ketones is 3. The average molecular weight is 946 g/mol. The zero-order valence-corrected chi connectivity index (χ0v) is 42.1. The number of rotatable bonds is 17. The van der Waals surface area contributed by atoms with Crippen LogP contribution in [0.3, 0.4) is 0 Å². The number of fused-ring (bicyclic) bond motifs is 2. The summed E-state index contributed by atoms with van der Waals surface area (Å²) in [5.41, 5.74) is 10.5. The minimum Gasteiger partial charge on any atom is -0.508 e. The van der Waals surface area contributed by atoms with E-state index in [1.54, 1.807) is 38.2 Å². The number of hydrogen-bond donors (Lipinski definition) is 3. The third-order valence-electron chi connectivity index (χ3n) is 16.2. The van der Waals surface area contributed by atoms with E-state index in [0.717, 1.165) is 43.2 Å². The van der Waals surface area contributed by atoms with Crippen LogP contribution in [0.1, 0.15) is 145 Å². The molecule has 4 N–H and O–H groups in total. The molecule has 12 nitrogen and oxygen atoms in total. The maximum Gasteiger partial charge on any atom is 0.461 e. The van der Waals surface area contributed by atoms with Gasteiger partial charge in [-0.1, -0.05) is 102 Å². The molecule has 0 aromatic heterocycles. The molecule has 4 fully saturated rings. The second kappa shape index (κ2) is 22.6. The van der Waals surface area contributed by atoms with Crippen molar-refractivity contribution in [1.29, 1.82) is 0 Å². The Balaban J connectivity index is 1.05. The number of phenols is 1. The monoisotopic (exact) mass is 946 g/mol. The minimum absolute atomic E-state index is 0.0217. The number of likely N-dealkylation sites (N-methyl/N-ethyl adjacent to an activating group) is 1. The Morgan fingerprint density at radius 1 is 0.957 bits per heavy atom. The Hall–Kier alpha value is -4.69. The Morgan fingerprint density at radius 3 is 2.35 bits per heavy atom. The number of Topliss-reactive ketones (excluding diaryl/α,β-unsaturated/α-hetero) is 3. The molecule has 3 aliphatic carbocycles. The Morgan fingerprint density at radius 2 is 1.67 bits per heavy atom. The summed E-state index contributed by atoms with van der Waals surface area (Å²) in [5, 5.41) is 13.9. The molecule has 4 bridgehead atoms. The molecule has 13 heteroatoms. The number of amides is 2. The molecule has 69 heavy (non-hydrogen) atoms. The fraction of sp³-hybridized carbons (Fsp3) is 0.589. The topological polar surface area (TPSA) is 175 Å². The highest BCUT2D eigenvalue weighted by Gasteiger charge is 2.68. The zero-order valence-electron chi connectivity index (χ0n) is 42.1. The SMILES string of the molecule is CCCCc1ccc(-c2ccc(C(=O)C[C@@H](CCCCN)C(=O)N(C)[C@@H]3C(=O)C[C@@H](C)C(=O)N[C@H](C(=O)C[C@@H](C)B4O[C@@H]5C[C@@H]6C[C@@H](C6(C)C)[C@]5(C)O4)COCCCc4cc3ccc4O)cc2)cc1. The van der Waals surface area contributed by atoms with Gasteiger partial charge in [0, 0.05) is 50.3 Å². The van der Waals surface area contributed by atoms with Crippen molar-refractivity contribution >= 4 is 36.3 Å². The van der Waals surface area contributed by atoms with Crippen LogP contribution in [0.15, 0.2) is 66.7 Å². The van der Waals surface area contributed by atoms with Crippen LogP contribution in [0, 0.1) is 29.1 Å². The number of nitrogens with two attached hydrogens (primary N) is 1. The summed E-state index contributed by atoms with van der Waals surface area (Å²) < 4.78 is 19.2. The molecule has 1 saturated heterocycles. The van der Waals surface area contributed by atoms with Crippen molar-refractivity contribution in [3.05, 3.63) is 89.0 Å². The number of benzene rings is 3. The summed E-state index contributed by atoms with van der Waals surface area (Å²) in [5.74, 6) is -2.54. The number of phenolic OH excluding ortho intramolecular Hbond substituents is 1. The second-order valence-corrected chi connectivity index (χ2v) is 21.5. The predicted molar refractivity (Wildman–Crippen MR) is 268 cm³/mol. The van der Waals surface area contributed by atoms with E-state index < -0.39 is 42.5 Å². The Kier molecular flexibility index (Phi) is 17.1. The maximum absolute atomic E-state index is 14.7. The predicted octanol–water partition coefficient (Wildman–Crippen LogP) is 9.04. The van der Waals surface area contributed by atoms with Crippen LogP contribution in [0.25, 0.3) is 11.1 Å². The summed E-state index contributed by atoms with van der Waals surface area (Å²) in [6.07, 6.45) is 7.68. The van der Waals surface area contributed by atoms with Gasteiger partial charge in [-0.3, -0.25) is 24.0 Å². The van der Waals surface area contributed by atoms with Gasteiger partial charge in [-0.15, -0.1) is 0 Å². The van der Waals surface area contributed by atoms with E-state index in [1.165, 1.54) is 16.5 Å². The lowest BCUT2D eigenvalue weighted by Gasteiger charge is -2.64. The third-order valence-corrected chi connectivity index (χ3v) is 16.2. The molecule has 0 unspecified atom stereocenters. The van der Waals surface area contributed by atoms with Gasteiger partial charge in [0.25, 0.3) is 0 Å². The Bertz CT molecular complexity index is 2300. The largest absolute Gasteiger partial charge is 0.508 e. The molecule has 2 aliphatic heterocycles. The molecule has 3 aromatic rings. The number of nitrogens with one attached hydrogen (secondary N) is 1. The second-order valence-electron chi connectivity index (χ2n) is 21.5. The van der Waals surface area contributed by atoms with Crippen molar-refractivity contribution in [3.8, 4) is 16.9 Å². The van der Waals surface area contributed by atoms with Gasteiger partial charge >= 0.3 is 7.12 Å². The van der Waals surface area contributed by atoms with Gasteiger partial charge in [-0.05, 0) is 128 Å². The molecule has 2 heterocycles. The summed E-state index contributed by atoms with van der Waals surface area (Å²) in [6, 6.07) is 18.8. The number of aromatic hydroxyl groups is 1. The van der Waals surface area contributed by atoms with Crippen LogP contribution in [0.5, 0.6) is 5.75 Å². The highest BCUT2D eigenvalue weighted by atomic mass is 16.7. The summed E-state index contributed by atoms with van der Waals surface area (Å²) >= 11 is 0. The Labute approximate surface area is 410 Å². The fourth-order valence-corrected chi connectivity index (χ4v) is 11.6. The number of nitrogens with zero attached hydrogens (tertiary/aromatic N) is 1. The van der Waals surface area contributed by atoms with Crippen molar-refractivity contribution in [2.75, 3.05) is 26.8 Å². The highest BCUT2D eigenvalue weighted by molar-refractivity contribution is 6.47. The molecule has 5 aliphatic rings. The number of unbranched alkanes of at least 4 members (excludes halogenated alkanes) is 2. The molecular weight excluding hydrogens is 869 g/mol. The van der Waals surface area contributed by atoms with Crippen LogP contribution in [-0.2, 0) is 46.1 Å². The third kappa shape index (κ3) is 11.8. The van der Waals surface area contributed by atoms with Crippen molar-refractivity contribution in [2.24, 2.45) is 34.8 Å². The van der Waals surface area contributed by atoms with E-state index in [9.17, 15) is 29.1 Å². The first-order valence-electron chi connectivity index (χ1n) is 25.7. The molecule has 0 spiro atoms. The van der Waals surface area contributed by atoms with Crippen molar-refractivity contribution in [2.45, 2.75) is 155 Å². The smallest absolute Gasteiger partial charge is 0.461 e. The number of hydrogen-bond acceptors (Lipinski definition) is 10. The van der Waals surface area contributed by atoms with Crippen LogP contribution >= 0.6 is 0 Å². The molecule has 3 saturated carbocycles. The van der Waals surface area contributed by atoms with Crippen LogP contribution in [0.4, 0.5) is 0 Å². The number of aryl methyl sites for hydroxylation is 2. The average Bonchev–Trinajstić information content (AvgIpc) is 3.70. The van der Waals surface area contributed by atoms with Crippen LogP contribution < -0.4 is 11.1 Å². The molecule has 9 atom stereocenters. The van der Waals surface area contributed by atoms with Gasteiger partial charge < -0.3 is 35.1 Å².